The molecule has 2 aromatic rings. The average Bonchev–Trinajstić information content (AvgIpc) is 2.85. The highest BCUT2D eigenvalue weighted by atomic mass is 16.3. The van der Waals surface area contributed by atoms with E-state index < -0.39 is 0 Å². The first-order valence-corrected chi connectivity index (χ1v) is 7.20. The van der Waals surface area contributed by atoms with Gasteiger partial charge in [-0.2, -0.15) is 0 Å². The number of hydrogen-bond donors (Lipinski definition) is 1. The lowest BCUT2D eigenvalue weighted by molar-refractivity contribution is 0.176. The van der Waals surface area contributed by atoms with Crippen LogP contribution < -0.4 is 0 Å². The zero-order valence-corrected chi connectivity index (χ0v) is 11.3. The van der Waals surface area contributed by atoms with Gasteiger partial charge in [0.15, 0.2) is 0 Å². The first-order chi connectivity index (χ1) is 9.33. The van der Waals surface area contributed by atoms with Gasteiger partial charge in [0.05, 0.1) is 6.10 Å². The van der Waals surface area contributed by atoms with Crippen molar-refractivity contribution in [2.75, 3.05) is 19.6 Å². The molecule has 1 aliphatic rings. The molecule has 2 nitrogen and oxygen atoms in total. The van der Waals surface area contributed by atoms with Gasteiger partial charge in [-0.25, -0.2) is 0 Å². The Hall–Kier alpha value is -1.38. The molecular formula is C17H21NO. The molecule has 0 bridgehead atoms. The van der Waals surface area contributed by atoms with Crippen molar-refractivity contribution in [3.8, 4) is 0 Å². The number of hydrogen-bond acceptors (Lipinski definition) is 2. The smallest absolute Gasteiger partial charge is 0.0679 e. The maximum atomic E-state index is 9.52. The average molecular weight is 255 g/mol. The number of benzene rings is 2. The molecule has 1 aliphatic heterocycles. The number of rotatable bonds is 4. The van der Waals surface area contributed by atoms with E-state index in [0.717, 1.165) is 32.5 Å². The van der Waals surface area contributed by atoms with Crippen molar-refractivity contribution in [3.05, 3.63) is 48.0 Å². The van der Waals surface area contributed by atoms with Gasteiger partial charge in [-0.05, 0) is 42.1 Å². The van der Waals surface area contributed by atoms with E-state index in [9.17, 15) is 5.11 Å². The van der Waals surface area contributed by atoms with Crippen LogP contribution in [0.15, 0.2) is 42.5 Å². The molecule has 0 aromatic heterocycles. The first-order valence-electron chi connectivity index (χ1n) is 7.20. The Kier molecular flexibility index (Phi) is 3.81. The molecule has 1 fully saturated rings. The fraction of sp³-hybridized carbons (Fsp3) is 0.412. The van der Waals surface area contributed by atoms with Crippen LogP contribution in [0.5, 0.6) is 0 Å². The number of β-amino-alcohol motifs (C(OH)–C–C–N with tert-alkyl or cyclic N) is 1. The second kappa shape index (κ2) is 5.72. The monoisotopic (exact) mass is 255 g/mol. The van der Waals surface area contributed by atoms with E-state index in [-0.39, 0.29) is 6.10 Å². The van der Waals surface area contributed by atoms with Gasteiger partial charge in [-0.1, -0.05) is 42.5 Å². The maximum absolute atomic E-state index is 9.52. The molecular weight excluding hydrogens is 234 g/mol. The maximum Gasteiger partial charge on any atom is 0.0679 e. The van der Waals surface area contributed by atoms with Crippen molar-refractivity contribution in [1.29, 1.82) is 0 Å². The lowest BCUT2D eigenvalue weighted by atomic mass is 10.0. The van der Waals surface area contributed by atoms with Gasteiger partial charge < -0.3 is 10.0 Å². The third-order valence-electron chi connectivity index (χ3n) is 4.05. The van der Waals surface area contributed by atoms with E-state index in [1.807, 2.05) is 0 Å². The fourth-order valence-corrected chi connectivity index (χ4v) is 3.02. The second-order valence-corrected chi connectivity index (χ2v) is 5.48. The van der Waals surface area contributed by atoms with E-state index >= 15 is 0 Å². The first kappa shape index (κ1) is 12.6. The molecule has 1 saturated heterocycles. The van der Waals surface area contributed by atoms with Crippen molar-refractivity contribution >= 4 is 10.8 Å². The van der Waals surface area contributed by atoms with Crippen molar-refractivity contribution in [1.82, 2.24) is 4.90 Å². The third kappa shape index (κ3) is 2.96. The fourth-order valence-electron chi connectivity index (χ4n) is 3.02. The van der Waals surface area contributed by atoms with Crippen molar-refractivity contribution in [2.45, 2.75) is 25.4 Å². The van der Waals surface area contributed by atoms with Gasteiger partial charge >= 0.3 is 0 Å². The summed E-state index contributed by atoms with van der Waals surface area (Å²) < 4.78 is 0. The Morgan fingerprint density at radius 3 is 2.79 bits per heavy atom. The Bertz CT molecular complexity index is 546. The molecule has 19 heavy (non-hydrogen) atoms. The van der Waals surface area contributed by atoms with Crippen LogP contribution in [0.2, 0.25) is 0 Å². The van der Waals surface area contributed by atoms with Crippen molar-refractivity contribution in [2.24, 2.45) is 0 Å². The summed E-state index contributed by atoms with van der Waals surface area (Å²) in [4.78, 5) is 2.37. The van der Waals surface area contributed by atoms with Crippen LogP contribution in [0.1, 0.15) is 18.4 Å². The molecule has 0 amide bonds. The minimum atomic E-state index is -0.0995. The van der Waals surface area contributed by atoms with Crippen LogP contribution in [-0.2, 0) is 6.42 Å². The number of aliphatic hydroxyl groups is 1. The lowest BCUT2D eigenvalue weighted by Gasteiger charge is -2.15. The summed E-state index contributed by atoms with van der Waals surface area (Å²) >= 11 is 0. The Labute approximate surface area is 114 Å². The van der Waals surface area contributed by atoms with Gasteiger partial charge in [-0.3, -0.25) is 0 Å². The number of fused-ring (bicyclic) bond motifs is 1. The normalized spacial score (nSPS) is 20.2. The standard InChI is InChI=1S/C17H21NO/c19-16-10-12-18(13-16)11-4-8-15-7-3-6-14-5-1-2-9-17(14)15/h1-3,5-7,9,16,19H,4,8,10-13H2/t16-/m0/s1. The zero-order valence-electron chi connectivity index (χ0n) is 11.3. The van der Waals surface area contributed by atoms with Crippen LogP contribution in [0.3, 0.4) is 0 Å². The topological polar surface area (TPSA) is 23.5 Å². The highest BCUT2D eigenvalue weighted by molar-refractivity contribution is 5.85. The van der Waals surface area contributed by atoms with Crippen LogP contribution >= 0.6 is 0 Å². The Morgan fingerprint density at radius 2 is 1.95 bits per heavy atom. The number of aryl methyl sites for hydroxylation is 1. The molecule has 1 N–H and O–H groups in total. The minimum absolute atomic E-state index is 0.0995. The molecule has 0 unspecified atom stereocenters. The lowest BCUT2D eigenvalue weighted by Crippen LogP contribution is -2.23. The third-order valence-corrected chi connectivity index (χ3v) is 4.05. The summed E-state index contributed by atoms with van der Waals surface area (Å²) in [7, 11) is 0. The van der Waals surface area contributed by atoms with Crippen LogP contribution in [0.25, 0.3) is 10.8 Å². The highest BCUT2D eigenvalue weighted by Gasteiger charge is 2.19. The number of nitrogens with zero attached hydrogens (tertiary/aromatic N) is 1. The Morgan fingerprint density at radius 1 is 1.11 bits per heavy atom. The van der Waals surface area contributed by atoms with E-state index in [2.05, 4.69) is 47.4 Å². The number of aliphatic hydroxyl groups excluding tert-OH is 1. The molecule has 0 radical (unpaired) electrons. The molecule has 2 heteroatoms. The van der Waals surface area contributed by atoms with Gasteiger partial charge in [0.25, 0.3) is 0 Å². The van der Waals surface area contributed by atoms with Gasteiger partial charge in [-0.15, -0.1) is 0 Å². The van der Waals surface area contributed by atoms with Gasteiger partial charge in [0.2, 0.25) is 0 Å². The predicted molar refractivity (Wildman–Crippen MR) is 79.3 cm³/mol. The predicted octanol–water partition coefficient (Wildman–Crippen LogP) is 2.84. The molecule has 1 atom stereocenters. The highest BCUT2D eigenvalue weighted by Crippen LogP contribution is 2.20. The molecule has 2 aromatic carbocycles. The van der Waals surface area contributed by atoms with Gasteiger partial charge in [0.1, 0.15) is 0 Å². The molecule has 0 saturated carbocycles. The molecule has 3 rings (SSSR count). The van der Waals surface area contributed by atoms with E-state index in [4.69, 9.17) is 0 Å². The van der Waals surface area contributed by atoms with E-state index in [0.29, 0.717) is 0 Å². The van der Waals surface area contributed by atoms with Crippen molar-refractivity contribution in [3.63, 3.8) is 0 Å². The summed E-state index contributed by atoms with van der Waals surface area (Å²) in [5, 5.41) is 12.2. The molecule has 100 valence electrons. The SMILES string of the molecule is O[C@H]1CCN(CCCc2cccc3ccccc23)C1. The van der Waals surface area contributed by atoms with Crippen molar-refractivity contribution < 1.29 is 5.11 Å². The summed E-state index contributed by atoms with van der Waals surface area (Å²) in [5.74, 6) is 0. The van der Waals surface area contributed by atoms with Crippen LogP contribution in [0.4, 0.5) is 0 Å². The largest absolute Gasteiger partial charge is 0.392 e. The zero-order chi connectivity index (χ0) is 13.1. The van der Waals surface area contributed by atoms with E-state index in [1.165, 1.54) is 22.8 Å². The number of likely N-dealkylation sites (tertiary alicyclic amines) is 1. The quantitative estimate of drug-likeness (QED) is 0.908. The molecule has 0 aliphatic carbocycles. The minimum Gasteiger partial charge on any atom is -0.392 e. The van der Waals surface area contributed by atoms with Crippen LogP contribution in [-0.4, -0.2) is 35.7 Å². The summed E-state index contributed by atoms with van der Waals surface area (Å²) in [6.45, 7) is 3.01. The second-order valence-electron chi connectivity index (χ2n) is 5.48. The van der Waals surface area contributed by atoms with Gasteiger partial charge in [0, 0.05) is 13.1 Å². The molecule has 0 spiro atoms. The van der Waals surface area contributed by atoms with E-state index in [1.54, 1.807) is 0 Å². The summed E-state index contributed by atoms with van der Waals surface area (Å²) in [5.41, 5.74) is 1.44. The summed E-state index contributed by atoms with van der Waals surface area (Å²) in [6, 6.07) is 15.2. The Balaban J connectivity index is 1.62. The summed E-state index contributed by atoms with van der Waals surface area (Å²) in [6.07, 6.45) is 3.13. The van der Waals surface area contributed by atoms with Crippen LogP contribution in [0, 0.1) is 0 Å². The molecule has 1 heterocycles.